The topological polar surface area (TPSA) is 116 Å². The average molecular weight is 377 g/mol. The number of nitrogens with zero attached hydrogens (tertiary/aromatic N) is 2. The van der Waals surface area contributed by atoms with Crippen LogP contribution in [0.4, 0.5) is 5.82 Å². The number of nitrogens with two attached hydrogens (primary N) is 1. The van der Waals surface area contributed by atoms with Gasteiger partial charge in [-0.15, -0.1) is 0 Å². The van der Waals surface area contributed by atoms with Crippen molar-refractivity contribution < 1.29 is 4.74 Å². The van der Waals surface area contributed by atoms with E-state index in [0.717, 1.165) is 5.56 Å². The van der Waals surface area contributed by atoms with Crippen LogP contribution in [-0.2, 0) is 6.61 Å². The number of nitrogens with one attached hydrogen (secondary N) is 1. The van der Waals surface area contributed by atoms with Crippen LogP contribution in [0, 0.1) is 22.7 Å². The second-order valence-corrected chi connectivity index (χ2v) is 6.10. The minimum Gasteiger partial charge on any atom is -0.489 e. The van der Waals surface area contributed by atoms with Crippen LogP contribution >= 0.6 is 11.6 Å². The highest BCUT2D eigenvalue weighted by molar-refractivity contribution is 6.30. The van der Waals surface area contributed by atoms with Gasteiger partial charge in [0.1, 0.15) is 41.4 Å². The Bertz CT molecular complexity index is 1160. The molecule has 0 fully saturated rings. The molecule has 0 aliphatic rings. The third kappa shape index (κ3) is 3.77. The smallest absolute Gasteiger partial charge is 0.268 e. The molecule has 0 amide bonds. The quantitative estimate of drug-likeness (QED) is 0.721. The maximum absolute atomic E-state index is 12.0. The Morgan fingerprint density at radius 3 is 2.52 bits per heavy atom. The minimum absolute atomic E-state index is 0.0399. The van der Waals surface area contributed by atoms with E-state index in [1.165, 1.54) is 0 Å². The molecule has 0 saturated heterocycles. The van der Waals surface area contributed by atoms with E-state index in [0.29, 0.717) is 16.3 Å². The lowest BCUT2D eigenvalue weighted by Gasteiger charge is -2.11. The first-order chi connectivity index (χ1) is 13.0. The lowest BCUT2D eigenvalue weighted by Crippen LogP contribution is -2.16. The summed E-state index contributed by atoms with van der Waals surface area (Å²) in [7, 11) is 0. The molecule has 6 nitrogen and oxygen atoms in total. The number of ether oxygens (including phenoxy) is 1. The number of halogens is 1. The number of aromatic amines is 1. The Labute approximate surface area is 160 Å². The summed E-state index contributed by atoms with van der Waals surface area (Å²) in [6, 6.07) is 17.9. The van der Waals surface area contributed by atoms with Crippen LogP contribution in [0.1, 0.15) is 16.7 Å². The summed E-state index contributed by atoms with van der Waals surface area (Å²) < 4.78 is 5.78. The third-order valence-corrected chi connectivity index (χ3v) is 4.12. The van der Waals surface area contributed by atoms with Crippen molar-refractivity contribution in [3.8, 4) is 29.0 Å². The molecule has 7 heteroatoms. The second-order valence-electron chi connectivity index (χ2n) is 5.66. The molecule has 0 aliphatic heterocycles. The normalized spacial score (nSPS) is 10.0. The summed E-state index contributed by atoms with van der Waals surface area (Å²) in [6.07, 6.45) is 0. The van der Waals surface area contributed by atoms with Crippen molar-refractivity contribution in [2.75, 3.05) is 5.73 Å². The van der Waals surface area contributed by atoms with Gasteiger partial charge >= 0.3 is 0 Å². The first-order valence-corrected chi connectivity index (χ1v) is 8.25. The van der Waals surface area contributed by atoms with E-state index < -0.39 is 5.56 Å². The molecule has 0 unspecified atom stereocenters. The van der Waals surface area contributed by atoms with Crippen LogP contribution < -0.4 is 16.0 Å². The molecule has 1 heterocycles. The summed E-state index contributed by atoms with van der Waals surface area (Å²) in [5, 5.41) is 19.4. The molecular formula is C20H13ClN4O2. The van der Waals surface area contributed by atoms with Crippen molar-refractivity contribution >= 4 is 17.4 Å². The lowest BCUT2D eigenvalue weighted by atomic mass is 9.96. The maximum atomic E-state index is 12.0. The first kappa shape index (κ1) is 18.1. The summed E-state index contributed by atoms with van der Waals surface area (Å²) in [5.74, 6) is 0.431. The van der Waals surface area contributed by atoms with Crippen LogP contribution in [0.15, 0.2) is 53.3 Å². The van der Waals surface area contributed by atoms with Gasteiger partial charge in [0.15, 0.2) is 0 Å². The maximum Gasteiger partial charge on any atom is 0.268 e. The van der Waals surface area contributed by atoms with Gasteiger partial charge < -0.3 is 15.5 Å². The summed E-state index contributed by atoms with van der Waals surface area (Å²) in [6.45, 7) is 0.289. The SMILES string of the molecule is N#Cc1c(N)[nH]c(=O)c(C#N)c1-c1cccc(OCc2cccc(Cl)c2)c1. The Morgan fingerprint density at radius 2 is 1.81 bits per heavy atom. The van der Waals surface area contributed by atoms with Crippen LogP contribution in [0.3, 0.4) is 0 Å². The highest BCUT2D eigenvalue weighted by Gasteiger charge is 2.18. The van der Waals surface area contributed by atoms with Gasteiger partial charge in [-0.1, -0.05) is 35.9 Å². The Kier molecular flexibility index (Phi) is 5.12. The highest BCUT2D eigenvalue weighted by atomic mass is 35.5. The number of benzene rings is 2. The molecule has 0 saturated carbocycles. The summed E-state index contributed by atoms with van der Waals surface area (Å²) in [5.41, 5.74) is 6.54. The number of hydrogen-bond donors (Lipinski definition) is 2. The minimum atomic E-state index is -0.644. The van der Waals surface area contributed by atoms with Gasteiger partial charge in [0.05, 0.1) is 0 Å². The molecule has 0 atom stereocenters. The van der Waals surface area contributed by atoms with Crippen molar-refractivity contribution in [1.82, 2.24) is 4.98 Å². The molecule has 0 bridgehead atoms. The second kappa shape index (κ2) is 7.65. The van der Waals surface area contributed by atoms with E-state index in [-0.39, 0.29) is 29.1 Å². The van der Waals surface area contributed by atoms with Gasteiger partial charge in [-0.05, 0) is 35.4 Å². The van der Waals surface area contributed by atoms with Gasteiger partial charge in [0, 0.05) is 10.6 Å². The summed E-state index contributed by atoms with van der Waals surface area (Å²) in [4.78, 5) is 14.4. The summed E-state index contributed by atoms with van der Waals surface area (Å²) >= 11 is 5.97. The van der Waals surface area contributed by atoms with E-state index >= 15 is 0 Å². The predicted molar refractivity (Wildman–Crippen MR) is 102 cm³/mol. The Balaban J connectivity index is 2.01. The fourth-order valence-electron chi connectivity index (χ4n) is 2.67. The molecule has 3 rings (SSSR count). The van der Waals surface area contributed by atoms with Crippen molar-refractivity contribution in [2.24, 2.45) is 0 Å². The molecule has 0 radical (unpaired) electrons. The van der Waals surface area contributed by atoms with Crippen molar-refractivity contribution in [1.29, 1.82) is 10.5 Å². The van der Waals surface area contributed by atoms with Crippen molar-refractivity contribution in [3.63, 3.8) is 0 Å². The molecule has 132 valence electrons. The van der Waals surface area contributed by atoms with Crippen LogP contribution in [0.2, 0.25) is 5.02 Å². The standard InChI is InChI=1S/C20H13ClN4O2/c21-14-5-1-3-12(7-14)11-27-15-6-2-4-13(8-15)18-16(9-22)19(24)25-20(26)17(18)10-23/h1-8H,11H2,(H3,24,25,26). The number of anilines is 1. The molecule has 2 aromatic carbocycles. The van der Waals surface area contributed by atoms with Crippen LogP contribution in [0.5, 0.6) is 5.75 Å². The number of rotatable bonds is 4. The van der Waals surface area contributed by atoms with Gasteiger partial charge in [0.25, 0.3) is 5.56 Å². The van der Waals surface area contributed by atoms with Gasteiger partial charge in [-0.2, -0.15) is 10.5 Å². The Hall–Kier alpha value is -3.74. The number of hydrogen-bond acceptors (Lipinski definition) is 5. The van der Waals surface area contributed by atoms with E-state index in [9.17, 15) is 15.3 Å². The largest absolute Gasteiger partial charge is 0.489 e. The zero-order chi connectivity index (χ0) is 19.4. The highest BCUT2D eigenvalue weighted by Crippen LogP contribution is 2.30. The van der Waals surface area contributed by atoms with E-state index in [2.05, 4.69) is 4.98 Å². The molecule has 0 spiro atoms. The zero-order valence-corrected chi connectivity index (χ0v) is 14.7. The average Bonchev–Trinajstić information content (AvgIpc) is 2.66. The molecule has 1 aromatic heterocycles. The molecular weight excluding hydrogens is 364 g/mol. The molecule has 27 heavy (non-hydrogen) atoms. The predicted octanol–water partition coefficient (Wildman–Crippen LogP) is 3.60. The monoisotopic (exact) mass is 376 g/mol. The van der Waals surface area contributed by atoms with Gasteiger partial charge in [-0.25, -0.2) is 0 Å². The number of aromatic nitrogens is 1. The third-order valence-electron chi connectivity index (χ3n) is 3.89. The lowest BCUT2D eigenvalue weighted by molar-refractivity contribution is 0.306. The first-order valence-electron chi connectivity index (χ1n) is 7.87. The van der Waals surface area contributed by atoms with Crippen LogP contribution in [0.25, 0.3) is 11.1 Å². The fraction of sp³-hybridized carbons (Fsp3) is 0.0500. The van der Waals surface area contributed by atoms with E-state index in [1.54, 1.807) is 36.4 Å². The Morgan fingerprint density at radius 1 is 1.07 bits per heavy atom. The molecule has 0 aliphatic carbocycles. The number of pyridine rings is 1. The fourth-order valence-corrected chi connectivity index (χ4v) is 2.88. The van der Waals surface area contributed by atoms with E-state index in [4.69, 9.17) is 22.1 Å². The van der Waals surface area contributed by atoms with Crippen LogP contribution in [-0.4, -0.2) is 4.98 Å². The number of nitriles is 2. The van der Waals surface area contributed by atoms with Crippen molar-refractivity contribution in [2.45, 2.75) is 6.61 Å². The number of H-pyrrole nitrogens is 1. The molecule has 3 N–H and O–H groups in total. The van der Waals surface area contributed by atoms with Gasteiger partial charge in [0.2, 0.25) is 0 Å². The van der Waals surface area contributed by atoms with Crippen molar-refractivity contribution in [3.05, 3.63) is 80.6 Å². The zero-order valence-electron chi connectivity index (χ0n) is 14.0. The molecule has 3 aromatic rings. The van der Waals surface area contributed by atoms with Gasteiger partial charge in [-0.3, -0.25) is 4.79 Å². The number of nitrogen functional groups attached to an aromatic ring is 1. The van der Waals surface area contributed by atoms with E-state index in [1.807, 2.05) is 24.3 Å².